The monoisotopic (exact) mass is 250 g/mol. The van der Waals surface area contributed by atoms with E-state index in [-0.39, 0.29) is 23.8 Å². The number of amides is 1. The molecule has 0 bridgehead atoms. The fourth-order valence-corrected chi connectivity index (χ4v) is 1.99. The average molecular weight is 250 g/mol. The van der Waals surface area contributed by atoms with Gasteiger partial charge in [0.1, 0.15) is 5.75 Å². The van der Waals surface area contributed by atoms with E-state index in [2.05, 4.69) is 5.32 Å². The molecule has 0 saturated heterocycles. The van der Waals surface area contributed by atoms with Crippen LogP contribution in [0.1, 0.15) is 18.4 Å². The third-order valence-corrected chi connectivity index (χ3v) is 3.19. The Morgan fingerprint density at radius 2 is 2.00 bits per heavy atom. The standard InChI is InChI=1S/C13H18N2O3/c14-12(5-8-1-3-10(16)4-2-8)13(18)15-9-6-11(17)7-9/h1-4,9,11-12,16-17H,5-7,14H2,(H,15,18)/t9?,11?,12-/m0/s1. The summed E-state index contributed by atoms with van der Waals surface area (Å²) in [6, 6.07) is 6.08. The fraction of sp³-hybridized carbons (Fsp3) is 0.462. The predicted octanol–water partition coefficient (Wildman–Crippen LogP) is -0.0985. The molecule has 0 heterocycles. The van der Waals surface area contributed by atoms with Gasteiger partial charge in [0, 0.05) is 6.04 Å². The van der Waals surface area contributed by atoms with Gasteiger partial charge in [0.2, 0.25) is 5.91 Å². The maximum absolute atomic E-state index is 11.8. The highest BCUT2D eigenvalue weighted by atomic mass is 16.3. The van der Waals surface area contributed by atoms with Crippen molar-refractivity contribution < 1.29 is 15.0 Å². The summed E-state index contributed by atoms with van der Waals surface area (Å²) in [5, 5.41) is 21.1. The molecule has 5 heteroatoms. The van der Waals surface area contributed by atoms with Gasteiger partial charge in [-0.05, 0) is 37.0 Å². The van der Waals surface area contributed by atoms with Crippen LogP contribution < -0.4 is 11.1 Å². The van der Waals surface area contributed by atoms with E-state index in [9.17, 15) is 4.79 Å². The molecule has 1 aromatic rings. The molecule has 1 aromatic carbocycles. The summed E-state index contributed by atoms with van der Waals surface area (Å²) in [7, 11) is 0. The summed E-state index contributed by atoms with van der Waals surface area (Å²) in [6.07, 6.45) is 1.36. The minimum Gasteiger partial charge on any atom is -0.508 e. The molecule has 98 valence electrons. The number of carbonyl (C=O) groups excluding carboxylic acids is 1. The maximum atomic E-state index is 11.8. The quantitative estimate of drug-likeness (QED) is 0.600. The first kappa shape index (κ1) is 12.9. The lowest BCUT2D eigenvalue weighted by molar-refractivity contribution is -0.124. The number of aliphatic hydroxyl groups is 1. The highest BCUT2D eigenvalue weighted by Gasteiger charge is 2.29. The molecule has 1 aliphatic rings. The summed E-state index contributed by atoms with van der Waals surface area (Å²) in [5.74, 6) is 0.000188. The lowest BCUT2D eigenvalue weighted by atomic mass is 9.89. The van der Waals surface area contributed by atoms with Crippen LogP contribution in [-0.4, -0.2) is 34.3 Å². The van der Waals surface area contributed by atoms with Crippen LogP contribution in [-0.2, 0) is 11.2 Å². The summed E-state index contributed by atoms with van der Waals surface area (Å²) in [6.45, 7) is 0. The van der Waals surface area contributed by atoms with Crippen molar-refractivity contribution in [1.29, 1.82) is 0 Å². The van der Waals surface area contributed by atoms with E-state index in [1.165, 1.54) is 0 Å². The van der Waals surface area contributed by atoms with Gasteiger partial charge in [0.15, 0.2) is 0 Å². The van der Waals surface area contributed by atoms with Gasteiger partial charge in [-0.2, -0.15) is 0 Å². The van der Waals surface area contributed by atoms with Crippen LogP contribution in [0, 0.1) is 0 Å². The summed E-state index contributed by atoms with van der Waals surface area (Å²) in [4.78, 5) is 11.8. The molecule has 0 unspecified atom stereocenters. The normalized spacial score (nSPS) is 24.1. The number of phenolic OH excluding ortho intramolecular Hbond substituents is 1. The van der Waals surface area contributed by atoms with Crippen LogP contribution in [0.25, 0.3) is 0 Å². The van der Waals surface area contributed by atoms with Crippen molar-refractivity contribution in [1.82, 2.24) is 5.32 Å². The number of rotatable bonds is 4. The topological polar surface area (TPSA) is 95.6 Å². The number of hydrogen-bond donors (Lipinski definition) is 4. The molecule has 2 rings (SSSR count). The van der Waals surface area contributed by atoms with Gasteiger partial charge >= 0.3 is 0 Å². The Hall–Kier alpha value is -1.59. The van der Waals surface area contributed by atoms with Crippen molar-refractivity contribution in [2.45, 2.75) is 37.5 Å². The lowest BCUT2D eigenvalue weighted by Crippen LogP contribution is -2.52. The van der Waals surface area contributed by atoms with E-state index in [0.29, 0.717) is 19.3 Å². The first-order valence-electron chi connectivity index (χ1n) is 6.06. The number of benzene rings is 1. The molecule has 18 heavy (non-hydrogen) atoms. The predicted molar refractivity (Wildman–Crippen MR) is 67.0 cm³/mol. The minimum absolute atomic E-state index is 0.0540. The summed E-state index contributed by atoms with van der Waals surface area (Å²) < 4.78 is 0. The van der Waals surface area contributed by atoms with Crippen LogP contribution in [0.4, 0.5) is 0 Å². The maximum Gasteiger partial charge on any atom is 0.237 e. The molecule has 5 N–H and O–H groups in total. The second-order valence-electron chi connectivity index (χ2n) is 4.81. The van der Waals surface area contributed by atoms with E-state index in [1.54, 1.807) is 24.3 Å². The van der Waals surface area contributed by atoms with Gasteiger partial charge in [-0.1, -0.05) is 12.1 Å². The zero-order valence-electron chi connectivity index (χ0n) is 10.0. The Balaban J connectivity index is 1.81. The molecule has 1 amide bonds. The Morgan fingerprint density at radius 1 is 1.39 bits per heavy atom. The Morgan fingerprint density at radius 3 is 2.56 bits per heavy atom. The first-order valence-corrected chi connectivity index (χ1v) is 6.06. The van der Waals surface area contributed by atoms with Gasteiger partial charge in [0.05, 0.1) is 12.1 Å². The zero-order chi connectivity index (χ0) is 13.1. The molecule has 0 radical (unpaired) electrons. The fourth-order valence-electron chi connectivity index (χ4n) is 1.99. The van der Waals surface area contributed by atoms with E-state index < -0.39 is 6.04 Å². The van der Waals surface area contributed by atoms with Crippen molar-refractivity contribution in [2.24, 2.45) is 5.73 Å². The highest BCUT2D eigenvalue weighted by Crippen LogP contribution is 2.19. The van der Waals surface area contributed by atoms with Crippen LogP contribution in [0.2, 0.25) is 0 Å². The van der Waals surface area contributed by atoms with Gasteiger partial charge < -0.3 is 21.3 Å². The molecule has 0 aromatic heterocycles. The largest absolute Gasteiger partial charge is 0.508 e. The first-order chi connectivity index (χ1) is 8.54. The molecular weight excluding hydrogens is 232 g/mol. The molecule has 1 atom stereocenters. The highest BCUT2D eigenvalue weighted by molar-refractivity contribution is 5.82. The van der Waals surface area contributed by atoms with Crippen molar-refractivity contribution in [3.63, 3.8) is 0 Å². The van der Waals surface area contributed by atoms with E-state index in [1.807, 2.05) is 0 Å². The smallest absolute Gasteiger partial charge is 0.237 e. The number of nitrogens with two attached hydrogens (primary N) is 1. The number of phenols is 1. The number of hydrogen-bond acceptors (Lipinski definition) is 4. The van der Waals surface area contributed by atoms with Crippen molar-refractivity contribution in [3.8, 4) is 5.75 Å². The Bertz CT molecular complexity index is 413. The molecule has 1 aliphatic carbocycles. The Labute approximate surface area is 106 Å². The van der Waals surface area contributed by atoms with Crippen molar-refractivity contribution >= 4 is 5.91 Å². The number of aliphatic hydroxyl groups excluding tert-OH is 1. The van der Waals surface area contributed by atoms with Crippen LogP contribution in [0.15, 0.2) is 24.3 Å². The molecule has 0 spiro atoms. The van der Waals surface area contributed by atoms with Gasteiger partial charge in [-0.3, -0.25) is 4.79 Å². The van der Waals surface area contributed by atoms with Gasteiger partial charge in [-0.25, -0.2) is 0 Å². The second kappa shape index (κ2) is 5.37. The average Bonchev–Trinajstić information content (AvgIpc) is 2.30. The summed E-state index contributed by atoms with van der Waals surface area (Å²) >= 11 is 0. The number of nitrogens with one attached hydrogen (secondary N) is 1. The van der Waals surface area contributed by atoms with Crippen LogP contribution in [0.5, 0.6) is 5.75 Å². The Kier molecular flexibility index (Phi) is 3.84. The molecule has 1 saturated carbocycles. The summed E-state index contributed by atoms with van der Waals surface area (Å²) in [5.41, 5.74) is 6.72. The minimum atomic E-state index is -0.604. The van der Waals surface area contributed by atoms with E-state index in [0.717, 1.165) is 5.56 Å². The van der Waals surface area contributed by atoms with Crippen LogP contribution in [0.3, 0.4) is 0 Å². The molecular formula is C13H18N2O3. The number of carbonyl (C=O) groups is 1. The number of aromatic hydroxyl groups is 1. The van der Waals surface area contributed by atoms with Gasteiger partial charge in [-0.15, -0.1) is 0 Å². The molecule has 5 nitrogen and oxygen atoms in total. The van der Waals surface area contributed by atoms with Crippen LogP contribution >= 0.6 is 0 Å². The zero-order valence-corrected chi connectivity index (χ0v) is 10.0. The second-order valence-corrected chi connectivity index (χ2v) is 4.81. The van der Waals surface area contributed by atoms with E-state index in [4.69, 9.17) is 15.9 Å². The van der Waals surface area contributed by atoms with Gasteiger partial charge in [0.25, 0.3) is 0 Å². The third-order valence-electron chi connectivity index (χ3n) is 3.19. The van der Waals surface area contributed by atoms with Crippen molar-refractivity contribution in [3.05, 3.63) is 29.8 Å². The lowest BCUT2D eigenvalue weighted by Gasteiger charge is -2.32. The molecule has 0 aliphatic heterocycles. The third kappa shape index (κ3) is 3.21. The molecule has 1 fully saturated rings. The van der Waals surface area contributed by atoms with E-state index >= 15 is 0 Å². The SMILES string of the molecule is N[C@@H](Cc1ccc(O)cc1)C(=O)NC1CC(O)C1. The van der Waals surface area contributed by atoms with Crippen molar-refractivity contribution in [2.75, 3.05) is 0 Å².